The zero-order valence-electron chi connectivity index (χ0n) is 12.7. The van der Waals surface area contributed by atoms with Crippen molar-refractivity contribution in [2.45, 2.75) is 27.2 Å². The lowest BCUT2D eigenvalue weighted by atomic mass is 9.97. The van der Waals surface area contributed by atoms with Gasteiger partial charge in [0.2, 0.25) is 0 Å². The standard InChI is InChI=1S/C20H18O/c1-12-6-13(2)8-16(7-12)15-4-5-18-17(10-15)11-20-19(18)9-14(3)21-20/h4-10H,11H2,1-3H3. The Balaban J connectivity index is 1.82. The van der Waals surface area contributed by atoms with Gasteiger partial charge in [-0.15, -0.1) is 0 Å². The van der Waals surface area contributed by atoms with Gasteiger partial charge in [0.25, 0.3) is 0 Å². The van der Waals surface area contributed by atoms with Crippen LogP contribution in [-0.4, -0.2) is 0 Å². The molecule has 0 radical (unpaired) electrons. The number of aryl methyl sites for hydroxylation is 3. The zero-order chi connectivity index (χ0) is 14.6. The van der Waals surface area contributed by atoms with E-state index >= 15 is 0 Å². The second-order valence-electron chi connectivity index (χ2n) is 6.12. The van der Waals surface area contributed by atoms with Gasteiger partial charge in [-0.05, 0) is 49.1 Å². The van der Waals surface area contributed by atoms with Gasteiger partial charge in [0, 0.05) is 12.0 Å². The minimum absolute atomic E-state index is 0.914. The summed E-state index contributed by atoms with van der Waals surface area (Å²) < 4.78 is 5.79. The molecule has 1 aliphatic rings. The zero-order valence-corrected chi connectivity index (χ0v) is 12.7. The van der Waals surface area contributed by atoms with Crippen LogP contribution < -0.4 is 0 Å². The number of hydrogen-bond donors (Lipinski definition) is 0. The quantitative estimate of drug-likeness (QED) is 0.450. The molecular weight excluding hydrogens is 256 g/mol. The highest BCUT2D eigenvalue weighted by molar-refractivity contribution is 5.79. The van der Waals surface area contributed by atoms with Crippen LogP contribution in [-0.2, 0) is 6.42 Å². The van der Waals surface area contributed by atoms with E-state index in [1.165, 1.54) is 38.9 Å². The van der Waals surface area contributed by atoms with Crippen molar-refractivity contribution in [2.24, 2.45) is 0 Å². The van der Waals surface area contributed by atoms with Crippen LogP contribution >= 0.6 is 0 Å². The number of benzene rings is 2. The third-order valence-electron chi connectivity index (χ3n) is 4.23. The van der Waals surface area contributed by atoms with Gasteiger partial charge < -0.3 is 4.42 Å². The summed E-state index contributed by atoms with van der Waals surface area (Å²) in [5.41, 5.74) is 9.20. The van der Waals surface area contributed by atoms with E-state index in [0.29, 0.717) is 0 Å². The Labute approximate surface area is 125 Å². The molecule has 0 bridgehead atoms. The molecular formula is C20H18O. The molecule has 0 unspecified atom stereocenters. The number of hydrogen-bond acceptors (Lipinski definition) is 1. The lowest BCUT2D eigenvalue weighted by molar-refractivity contribution is 0.496. The smallest absolute Gasteiger partial charge is 0.116 e. The van der Waals surface area contributed by atoms with Gasteiger partial charge in [-0.1, -0.05) is 47.5 Å². The van der Waals surface area contributed by atoms with Crippen LogP contribution in [0.15, 0.2) is 46.9 Å². The lowest BCUT2D eigenvalue weighted by Gasteiger charge is -2.08. The Hall–Kier alpha value is -2.28. The third-order valence-corrected chi connectivity index (χ3v) is 4.23. The Morgan fingerprint density at radius 3 is 2.29 bits per heavy atom. The molecule has 0 spiro atoms. The van der Waals surface area contributed by atoms with Crippen LogP contribution in [0, 0.1) is 20.8 Å². The van der Waals surface area contributed by atoms with Crippen LogP contribution in [0.3, 0.4) is 0 Å². The van der Waals surface area contributed by atoms with Crippen molar-refractivity contribution in [2.75, 3.05) is 0 Å². The summed E-state index contributed by atoms with van der Waals surface area (Å²) in [4.78, 5) is 0. The molecule has 0 amide bonds. The van der Waals surface area contributed by atoms with Crippen molar-refractivity contribution in [3.05, 3.63) is 70.7 Å². The Bertz CT molecular complexity index is 832. The normalized spacial score (nSPS) is 12.3. The highest BCUT2D eigenvalue weighted by Crippen LogP contribution is 2.40. The number of rotatable bonds is 1. The first-order valence-electron chi connectivity index (χ1n) is 7.41. The molecule has 0 saturated heterocycles. The average molecular weight is 274 g/mol. The Kier molecular flexibility index (Phi) is 2.58. The summed E-state index contributed by atoms with van der Waals surface area (Å²) in [6.45, 7) is 6.32. The molecule has 0 saturated carbocycles. The van der Waals surface area contributed by atoms with Gasteiger partial charge >= 0.3 is 0 Å². The average Bonchev–Trinajstić information content (AvgIpc) is 2.92. The van der Waals surface area contributed by atoms with Crippen LogP contribution in [0.2, 0.25) is 0 Å². The topological polar surface area (TPSA) is 13.1 Å². The molecule has 1 nitrogen and oxygen atoms in total. The third kappa shape index (κ3) is 2.01. The number of fused-ring (bicyclic) bond motifs is 3. The molecule has 21 heavy (non-hydrogen) atoms. The van der Waals surface area contributed by atoms with Crippen molar-refractivity contribution in [1.29, 1.82) is 0 Å². The minimum Gasteiger partial charge on any atom is -0.465 e. The van der Waals surface area contributed by atoms with E-state index in [0.717, 1.165) is 17.9 Å². The van der Waals surface area contributed by atoms with Crippen LogP contribution in [0.1, 0.15) is 28.2 Å². The first-order valence-corrected chi connectivity index (χ1v) is 7.41. The second-order valence-corrected chi connectivity index (χ2v) is 6.12. The highest BCUT2D eigenvalue weighted by atomic mass is 16.3. The van der Waals surface area contributed by atoms with Gasteiger partial charge in [0.15, 0.2) is 0 Å². The van der Waals surface area contributed by atoms with Gasteiger partial charge in [0.1, 0.15) is 11.5 Å². The molecule has 0 atom stereocenters. The predicted octanol–water partition coefficient (Wildman–Crippen LogP) is 5.44. The maximum Gasteiger partial charge on any atom is 0.116 e. The summed E-state index contributed by atoms with van der Waals surface area (Å²) in [5, 5.41) is 0. The first kappa shape index (κ1) is 12.5. The van der Waals surface area contributed by atoms with E-state index in [9.17, 15) is 0 Å². The number of furan rings is 1. The van der Waals surface area contributed by atoms with E-state index in [1.54, 1.807) is 0 Å². The fraction of sp³-hybridized carbons (Fsp3) is 0.200. The van der Waals surface area contributed by atoms with Gasteiger partial charge in [0.05, 0.1) is 0 Å². The molecule has 2 aromatic carbocycles. The summed E-state index contributed by atoms with van der Waals surface area (Å²) >= 11 is 0. The predicted molar refractivity (Wildman–Crippen MR) is 86.6 cm³/mol. The lowest BCUT2D eigenvalue weighted by Crippen LogP contribution is -1.86. The summed E-state index contributed by atoms with van der Waals surface area (Å²) in [6, 6.07) is 15.7. The first-order chi connectivity index (χ1) is 10.1. The van der Waals surface area contributed by atoms with Crippen molar-refractivity contribution >= 4 is 0 Å². The molecule has 0 aliphatic heterocycles. The van der Waals surface area contributed by atoms with Crippen LogP contribution in [0.25, 0.3) is 22.3 Å². The molecule has 1 heteroatoms. The highest BCUT2D eigenvalue weighted by Gasteiger charge is 2.22. The molecule has 104 valence electrons. The fourth-order valence-corrected chi connectivity index (χ4v) is 3.42. The van der Waals surface area contributed by atoms with E-state index in [4.69, 9.17) is 4.42 Å². The van der Waals surface area contributed by atoms with E-state index in [2.05, 4.69) is 56.3 Å². The summed E-state index contributed by atoms with van der Waals surface area (Å²) in [5.74, 6) is 2.11. The monoisotopic (exact) mass is 274 g/mol. The van der Waals surface area contributed by atoms with Crippen molar-refractivity contribution in [3.63, 3.8) is 0 Å². The Morgan fingerprint density at radius 2 is 1.52 bits per heavy atom. The summed E-state index contributed by atoms with van der Waals surface area (Å²) in [7, 11) is 0. The molecule has 0 fully saturated rings. The van der Waals surface area contributed by atoms with Gasteiger partial charge in [-0.3, -0.25) is 0 Å². The van der Waals surface area contributed by atoms with Crippen LogP contribution in [0.4, 0.5) is 0 Å². The van der Waals surface area contributed by atoms with Crippen LogP contribution in [0.5, 0.6) is 0 Å². The molecule has 1 heterocycles. The molecule has 0 N–H and O–H groups in total. The molecule has 4 rings (SSSR count). The molecule has 1 aliphatic carbocycles. The fourth-order valence-electron chi connectivity index (χ4n) is 3.42. The Morgan fingerprint density at radius 1 is 0.762 bits per heavy atom. The van der Waals surface area contributed by atoms with Crippen molar-refractivity contribution in [3.8, 4) is 22.3 Å². The van der Waals surface area contributed by atoms with Crippen molar-refractivity contribution < 1.29 is 4.42 Å². The maximum atomic E-state index is 5.79. The maximum absolute atomic E-state index is 5.79. The molecule has 1 aromatic heterocycles. The van der Waals surface area contributed by atoms with E-state index < -0.39 is 0 Å². The van der Waals surface area contributed by atoms with Crippen molar-refractivity contribution in [1.82, 2.24) is 0 Å². The second kappa shape index (κ2) is 4.36. The van der Waals surface area contributed by atoms with E-state index in [1.807, 2.05) is 6.92 Å². The SMILES string of the molecule is Cc1cc(C)cc(-c2ccc3c(c2)Cc2oc(C)cc2-3)c1. The molecule has 3 aromatic rings. The largest absolute Gasteiger partial charge is 0.465 e. The van der Waals surface area contributed by atoms with Gasteiger partial charge in [-0.25, -0.2) is 0 Å². The van der Waals surface area contributed by atoms with E-state index in [-0.39, 0.29) is 0 Å². The summed E-state index contributed by atoms with van der Waals surface area (Å²) in [6.07, 6.45) is 0.914. The minimum atomic E-state index is 0.914. The van der Waals surface area contributed by atoms with Gasteiger partial charge in [-0.2, -0.15) is 0 Å².